The van der Waals surface area contributed by atoms with Crippen LogP contribution in [0.5, 0.6) is 11.5 Å². The van der Waals surface area contributed by atoms with Crippen molar-refractivity contribution < 1.29 is 29.3 Å². The highest BCUT2D eigenvalue weighted by Crippen LogP contribution is 2.40. The van der Waals surface area contributed by atoms with Gasteiger partial charge in [-0.05, 0) is 48.2 Å². The molecule has 0 saturated heterocycles. The summed E-state index contributed by atoms with van der Waals surface area (Å²) in [6.45, 7) is 10.5. The molecule has 0 bridgehead atoms. The number of rotatable bonds is 8. The average Bonchev–Trinajstić information content (AvgIpc) is 2.70. The Balaban J connectivity index is 2.52. The van der Waals surface area contributed by atoms with E-state index in [4.69, 9.17) is 9.47 Å². The molecule has 2 aromatic rings. The Bertz CT molecular complexity index is 872. The van der Waals surface area contributed by atoms with Crippen molar-refractivity contribution in [1.29, 1.82) is 0 Å². The molecule has 0 saturated carbocycles. The van der Waals surface area contributed by atoms with Gasteiger partial charge in [-0.25, -0.2) is 0 Å². The third kappa shape index (κ3) is 5.57. The molecular formula is C25H32O6. The van der Waals surface area contributed by atoms with Crippen molar-refractivity contribution in [1.82, 2.24) is 0 Å². The standard InChI is InChI=1S/C25H32O6/c1-7-23(30-15(3)26)19-13-17(9-11-21(19)28)25(5,6)18-10-12-22(29)20(14-18)24(8-2)31-16(4)27/h9-14,23-24,28-29H,7-8H2,1-6H3. The Labute approximate surface area is 183 Å². The first-order chi connectivity index (χ1) is 14.5. The van der Waals surface area contributed by atoms with Gasteiger partial charge in [0.25, 0.3) is 0 Å². The molecule has 0 aliphatic heterocycles. The van der Waals surface area contributed by atoms with Gasteiger partial charge in [0, 0.05) is 30.4 Å². The molecule has 6 nitrogen and oxygen atoms in total. The van der Waals surface area contributed by atoms with Gasteiger partial charge >= 0.3 is 11.9 Å². The monoisotopic (exact) mass is 428 g/mol. The van der Waals surface area contributed by atoms with Crippen molar-refractivity contribution in [2.45, 2.75) is 72.0 Å². The smallest absolute Gasteiger partial charge is 0.303 e. The minimum absolute atomic E-state index is 0.0694. The predicted molar refractivity (Wildman–Crippen MR) is 118 cm³/mol. The van der Waals surface area contributed by atoms with Crippen LogP contribution in [0.4, 0.5) is 0 Å². The van der Waals surface area contributed by atoms with E-state index in [9.17, 15) is 19.8 Å². The summed E-state index contributed by atoms with van der Waals surface area (Å²) < 4.78 is 10.8. The summed E-state index contributed by atoms with van der Waals surface area (Å²) in [6, 6.07) is 10.6. The molecule has 0 amide bonds. The maximum atomic E-state index is 11.5. The van der Waals surface area contributed by atoms with Crippen LogP contribution >= 0.6 is 0 Å². The number of esters is 2. The Morgan fingerprint density at radius 2 is 1.16 bits per heavy atom. The van der Waals surface area contributed by atoms with Crippen molar-refractivity contribution in [3.8, 4) is 11.5 Å². The van der Waals surface area contributed by atoms with Crippen molar-refractivity contribution in [2.24, 2.45) is 0 Å². The zero-order valence-corrected chi connectivity index (χ0v) is 19.1. The van der Waals surface area contributed by atoms with E-state index in [1.54, 1.807) is 12.1 Å². The molecule has 0 aliphatic rings. The van der Waals surface area contributed by atoms with Gasteiger partial charge in [-0.2, -0.15) is 0 Å². The second-order valence-electron chi connectivity index (χ2n) is 8.18. The topological polar surface area (TPSA) is 93.1 Å². The first kappa shape index (κ1) is 24.3. The molecule has 0 fully saturated rings. The Morgan fingerprint density at radius 3 is 1.45 bits per heavy atom. The van der Waals surface area contributed by atoms with Gasteiger partial charge in [0.2, 0.25) is 0 Å². The Morgan fingerprint density at radius 1 is 0.806 bits per heavy atom. The van der Waals surface area contributed by atoms with Gasteiger partial charge in [-0.3, -0.25) is 9.59 Å². The molecule has 0 heterocycles. The number of phenols is 2. The summed E-state index contributed by atoms with van der Waals surface area (Å²) in [5.74, 6) is -0.676. The Kier molecular flexibility index (Phi) is 7.71. The number of hydrogen-bond acceptors (Lipinski definition) is 6. The average molecular weight is 429 g/mol. The van der Waals surface area contributed by atoms with E-state index in [1.165, 1.54) is 13.8 Å². The first-order valence-corrected chi connectivity index (χ1v) is 10.5. The normalized spacial score (nSPS) is 13.4. The summed E-state index contributed by atoms with van der Waals surface area (Å²) in [5, 5.41) is 20.8. The molecule has 2 unspecified atom stereocenters. The number of benzene rings is 2. The molecule has 0 spiro atoms. The molecule has 2 aromatic carbocycles. The number of ether oxygens (including phenoxy) is 2. The number of carbonyl (C=O) groups is 2. The van der Waals surface area contributed by atoms with E-state index < -0.39 is 29.6 Å². The summed E-state index contributed by atoms with van der Waals surface area (Å²) in [6.07, 6.45) is -0.0313. The SMILES string of the molecule is CCC(OC(C)=O)c1cc(C(C)(C)c2ccc(O)c(C(CC)OC(C)=O)c2)ccc1O. The summed E-state index contributed by atoms with van der Waals surface area (Å²) in [5.41, 5.74) is 2.40. The third-order valence-corrected chi connectivity index (χ3v) is 5.55. The second-order valence-corrected chi connectivity index (χ2v) is 8.18. The van der Waals surface area contributed by atoms with Crippen LogP contribution in [-0.4, -0.2) is 22.2 Å². The first-order valence-electron chi connectivity index (χ1n) is 10.5. The predicted octanol–water partition coefficient (Wildman–Crippen LogP) is 5.45. The van der Waals surface area contributed by atoms with Crippen LogP contribution in [0.15, 0.2) is 36.4 Å². The molecule has 2 rings (SSSR count). The van der Waals surface area contributed by atoms with Crippen LogP contribution in [0.3, 0.4) is 0 Å². The van der Waals surface area contributed by atoms with Gasteiger partial charge in [0.05, 0.1) is 0 Å². The van der Waals surface area contributed by atoms with Crippen LogP contribution in [0.1, 0.15) is 88.8 Å². The maximum absolute atomic E-state index is 11.5. The van der Waals surface area contributed by atoms with Crippen LogP contribution < -0.4 is 0 Å². The van der Waals surface area contributed by atoms with Gasteiger partial charge < -0.3 is 19.7 Å². The highest BCUT2D eigenvalue weighted by molar-refractivity contribution is 5.67. The Hall–Kier alpha value is -3.02. The highest BCUT2D eigenvalue weighted by Gasteiger charge is 2.28. The minimum Gasteiger partial charge on any atom is -0.508 e. The third-order valence-electron chi connectivity index (χ3n) is 5.55. The van der Waals surface area contributed by atoms with Crippen molar-refractivity contribution >= 4 is 11.9 Å². The second kappa shape index (κ2) is 9.86. The largest absolute Gasteiger partial charge is 0.508 e. The molecule has 2 atom stereocenters. The zero-order chi connectivity index (χ0) is 23.3. The van der Waals surface area contributed by atoms with Gasteiger partial charge in [0.15, 0.2) is 0 Å². The fraction of sp³-hybridized carbons (Fsp3) is 0.440. The lowest BCUT2D eigenvalue weighted by molar-refractivity contribution is -0.147. The van der Waals surface area contributed by atoms with E-state index in [-0.39, 0.29) is 11.5 Å². The minimum atomic E-state index is -0.544. The maximum Gasteiger partial charge on any atom is 0.303 e. The molecular weight excluding hydrogens is 396 g/mol. The van der Waals surface area contributed by atoms with E-state index in [0.29, 0.717) is 24.0 Å². The number of aromatic hydroxyl groups is 2. The van der Waals surface area contributed by atoms with E-state index in [0.717, 1.165) is 11.1 Å². The van der Waals surface area contributed by atoms with Crippen LogP contribution in [-0.2, 0) is 24.5 Å². The molecule has 168 valence electrons. The van der Waals surface area contributed by atoms with Gasteiger partial charge in [-0.15, -0.1) is 0 Å². The summed E-state index contributed by atoms with van der Waals surface area (Å²) in [4.78, 5) is 23.0. The van der Waals surface area contributed by atoms with E-state index in [2.05, 4.69) is 0 Å². The van der Waals surface area contributed by atoms with Crippen LogP contribution in [0.2, 0.25) is 0 Å². The fourth-order valence-electron chi connectivity index (χ4n) is 3.70. The van der Waals surface area contributed by atoms with E-state index in [1.807, 2.05) is 52.0 Å². The number of phenolic OH excluding ortho intramolecular Hbond substituents is 2. The lowest BCUT2D eigenvalue weighted by Crippen LogP contribution is -2.20. The molecule has 2 N–H and O–H groups in total. The highest BCUT2D eigenvalue weighted by atomic mass is 16.5. The fourth-order valence-corrected chi connectivity index (χ4v) is 3.70. The number of hydrogen-bond donors (Lipinski definition) is 2. The van der Waals surface area contributed by atoms with Crippen molar-refractivity contribution in [2.75, 3.05) is 0 Å². The summed E-state index contributed by atoms with van der Waals surface area (Å²) >= 11 is 0. The number of carbonyl (C=O) groups excluding carboxylic acids is 2. The zero-order valence-electron chi connectivity index (χ0n) is 19.1. The van der Waals surface area contributed by atoms with Gasteiger partial charge in [-0.1, -0.05) is 39.8 Å². The molecule has 0 radical (unpaired) electrons. The van der Waals surface area contributed by atoms with Crippen molar-refractivity contribution in [3.05, 3.63) is 58.7 Å². The molecule has 0 aromatic heterocycles. The summed E-state index contributed by atoms with van der Waals surface area (Å²) in [7, 11) is 0. The molecule has 6 heteroatoms. The van der Waals surface area contributed by atoms with Crippen LogP contribution in [0, 0.1) is 0 Å². The quantitative estimate of drug-likeness (QED) is 0.543. The van der Waals surface area contributed by atoms with Crippen molar-refractivity contribution in [3.63, 3.8) is 0 Å². The van der Waals surface area contributed by atoms with Gasteiger partial charge in [0.1, 0.15) is 23.7 Å². The molecule has 31 heavy (non-hydrogen) atoms. The lowest BCUT2D eigenvalue weighted by Gasteiger charge is -2.29. The molecule has 0 aliphatic carbocycles. The lowest BCUT2D eigenvalue weighted by atomic mass is 9.76. The van der Waals surface area contributed by atoms with Crippen LogP contribution in [0.25, 0.3) is 0 Å². The van der Waals surface area contributed by atoms with E-state index >= 15 is 0 Å².